The summed E-state index contributed by atoms with van der Waals surface area (Å²) in [5.41, 5.74) is 3.96. The molecular weight excluding hydrogens is 384 g/mol. The van der Waals surface area contributed by atoms with Crippen LogP contribution in [0.15, 0.2) is 78.9 Å². The average molecular weight is 419 g/mol. The molecule has 0 bridgehead atoms. The van der Waals surface area contributed by atoms with Gasteiger partial charge in [-0.15, -0.1) is 0 Å². The predicted molar refractivity (Wildman–Crippen MR) is 130 cm³/mol. The Morgan fingerprint density at radius 2 is 0.933 bits per heavy atom. The van der Waals surface area contributed by atoms with Crippen molar-refractivity contribution < 1.29 is 9.47 Å². The zero-order valence-electron chi connectivity index (χ0n) is 19.3. The molecule has 158 valence electrons. The van der Waals surface area contributed by atoms with Crippen molar-refractivity contribution in [2.45, 2.75) is 43.9 Å². The third-order valence-corrected chi connectivity index (χ3v) is 13.6. The number of rotatable bonds is 6. The van der Waals surface area contributed by atoms with Gasteiger partial charge in [-0.25, -0.2) is 0 Å². The SMILES string of the molecule is COc1ccc(C(c2ccccc2)(c2ccc(OC)cc2)[Si](C)(C)C(C)(C)C)cc1. The van der Waals surface area contributed by atoms with E-state index >= 15 is 0 Å². The minimum absolute atomic E-state index is 0.155. The van der Waals surface area contributed by atoms with Gasteiger partial charge in [-0.1, -0.05) is 88.5 Å². The Labute approximate surface area is 182 Å². The van der Waals surface area contributed by atoms with E-state index in [4.69, 9.17) is 9.47 Å². The van der Waals surface area contributed by atoms with Gasteiger partial charge in [0.05, 0.1) is 22.3 Å². The molecule has 0 aliphatic rings. The van der Waals surface area contributed by atoms with Crippen LogP contribution in [0, 0.1) is 0 Å². The maximum Gasteiger partial charge on any atom is 0.118 e. The summed E-state index contributed by atoms with van der Waals surface area (Å²) in [5, 5.41) is -0.0756. The molecule has 0 heterocycles. The topological polar surface area (TPSA) is 18.5 Å². The highest BCUT2D eigenvalue weighted by atomic mass is 28.3. The summed E-state index contributed by atoms with van der Waals surface area (Å²) in [6.07, 6.45) is 0. The maximum atomic E-state index is 5.47. The number of ether oxygens (including phenoxy) is 2. The summed E-state index contributed by atoms with van der Waals surface area (Å²) in [6.45, 7) is 12.2. The van der Waals surface area contributed by atoms with Crippen molar-refractivity contribution in [3.8, 4) is 11.5 Å². The molecule has 0 aromatic heterocycles. The van der Waals surface area contributed by atoms with Gasteiger partial charge >= 0.3 is 0 Å². The molecule has 0 radical (unpaired) electrons. The molecule has 0 N–H and O–H groups in total. The van der Waals surface area contributed by atoms with Crippen molar-refractivity contribution in [1.29, 1.82) is 0 Å². The molecule has 0 atom stereocenters. The number of hydrogen-bond acceptors (Lipinski definition) is 2. The molecule has 0 amide bonds. The molecule has 3 aromatic rings. The molecule has 0 fully saturated rings. The summed E-state index contributed by atoms with van der Waals surface area (Å²) in [6, 6.07) is 28.3. The fourth-order valence-electron chi connectivity index (χ4n) is 4.52. The van der Waals surface area contributed by atoms with Crippen LogP contribution in [0.3, 0.4) is 0 Å². The fourth-order valence-corrected chi connectivity index (χ4v) is 8.31. The molecule has 0 unspecified atom stereocenters. The van der Waals surface area contributed by atoms with Gasteiger partial charge in [-0.3, -0.25) is 0 Å². The van der Waals surface area contributed by atoms with Gasteiger partial charge in [0.25, 0.3) is 0 Å². The Morgan fingerprint density at radius 3 is 1.27 bits per heavy atom. The number of benzene rings is 3. The molecule has 0 saturated carbocycles. The molecule has 3 heteroatoms. The normalized spacial score (nSPS) is 12.5. The Kier molecular flexibility index (Phi) is 6.14. The van der Waals surface area contributed by atoms with Crippen LogP contribution in [0.25, 0.3) is 0 Å². The van der Waals surface area contributed by atoms with Gasteiger partial charge in [-0.05, 0) is 46.0 Å². The monoisotopic (exact) mass is 418 g/mol. The lowest BCUT2D eigenvalue weighted by Gasteiger charge is -2.54. The van der Waals surface area contributed by atoms with Crippen LogP contribution in [0.4, 0.5) is 0 Å². The summed E-state index contributed by atoms with van der Waals surface area (Å²) >= 11 is 0. The number of methoxy groups -OCH3 is 2. The Morgan fingerprint density at radius 1 is 0.567 bits per heavy atom. The lowest BCUT2D eigenvalue weighted by atomic mass is 9.83. The standard InChI is InChI=1S/C27H34O2Si/c1-26(2,3)30(6,7)27(21-11-9-8-10-12-21,22-13-17-24(28-4)18-14-22)23-15-19-25(29-5)20-16-23/h8-20H,1-7H3. The van der Waals surface area contributed by atoms with Crippen molar-refractivity contribution in [3.63, 3.8) is 0 Å². The van der Waals surface area contributed by atoms with E-state index in [2.05, 4.69) is 113 Å². The molecule has 0 aliphatic heterocycles. The van der Waals surface area contributed by atoms with E-state index in [1.165, 1.54) is 16.7 Å². The van der Waals surface area contributed by atoms with E-state index in [1.54, 1.807) is 14.2 Å². The first-order valence-electron chi connectivity index (χ1n) is 10.5. The smallest absolute Gasteiger partial charge is 0.118 e. The first-order valence-corrected chi connectivity index (χ1v) is 13.5. The molecule has 0 aliphatic carbocycles. The summed E-state index contributed by atoms with van der Waals surface area (Å²) in [5.74, 6) is 1.76. The summed E-state index contributed by atoms with van der Waals surface area (Å²) in [7, 11) is 1.39. The van der Waals surface area contributed by atoms with E-state index in [1.807, 2.05) is 0 Å². The van der Waals surface area contributed by atoms with Crippen molar-refractivity contribution in [2.24, 2.45) is 0 Å². The van der Waals surface area contributed by atoms with Crippen LogP contribution >= 0.6 is 0 Å². The van der Waals surface area contributed by atoms with Gasteiger partial charge < -0.3 is 9.47 Å². The Balaban J connectivity index is 2.44. The third-order valence-electron chi connectivity index (χ3n) is 7.07. The molecule has 0 saturated heterocycles. The maximum absolute atomic E-state index is 5.47. The number of hydrogen-bond donors (Lipinski definition) is 0. The molecule has 30 heavy (non-hydrogen) atoms. The van der Waals surface area contributed by atoms with Gasteiger partial charge in [0.1, 0.15) is 11.5 Å². The molecule has 3 aromatic carbocycles. The van der Waals surface area contributed by atoms with Crippen LogP contribution < -0.4 is 9.47 Å². The second-order valence-corrected chi connectivity index (χ2v) is 14.9. The molecular formula is C27H34O2Si. The Hall–Kier alpha value is -2.52. The zero-order chi connectivity index (χ0) is 22.0. The lowest BCUT2D eigenvalue weighted by molar-refractivity contribution is 0.414. The highest BCUT2D eigenvalue weighted by molar-refractivity contribution is 6.84. The van der Waals surface area contributed by atoms with Crippen molar-refractivity contribution in [1.82, 2.24) is 0 Å². The second-order valence-electron chi connectivity index (χ2n) is 9.45. The van der Waals surface area contributed by atoms with Crippen LogP contribution in [-0.2, 0) is 5.04 Å². The molecule has 0 spiro atoms. The van der Waals surface area contributed by atoms with Crippen LogP contribution in [0.5, 0.6) is 11.5 Å². The summed E-state index contributed by atoms with van der Waals surface area (Å²) < 4.78 is 10.9. The highest BCUT2D eigenvalue weighted by Gasteiger charge is 2.55. The van der Waals surface area contributed by atoms with Crippen molar-refractivity contribution >= 4 is 8.07 Å². The molecule has 2 nitrogen and oxygen atoms in total. The van der Waals surface area contributed by atoms with Crippen LogP contribution in [0.2, 0.25) is 18.1 Å². The van der Waals surface area contributed by atoms with E-state index < -0.39 is 8.07 Å². The third kappa shape index (κ3) is 3.56. The molecule has 3 rings (SSSR count). The minimum atomic E-state index is -2.04. The van der Waals surface area contributed by atoms with E-state index in [0.717, 1.165) is 11.5 Å². The minimum Gasteiger partial charge on any atom is -0.497 e. The van der Waals surface area contributed by atoms with Crippen molar-refractivity contribution in [3.05, 3.63) is 95.6 Å². The van der Waals surface area contributed by atoms with E-state index in [9.17, 15) is 0 Å². The fraction of sp³-hybridized carbons (Fsp3) is 0.333. The second kappa shape index (κ2) is 8.31. The van der Waals surface area contributed by atoms with Crippen LogP contribution in [-0.4, -0.2) is 22.3 Å². The average Bonchev–Trinajstić information content (AvgIpc) is 2.75. The van der Waals surface area contributed by atoms with Gasteiger partial charge in [0.15, 0.2) is 0 Å². The van der Waals surface area contributed by atoms with Gasteiger partial charge in [0.2, 0.25) is 0 Å². The van der Waals surface area contributed by atoms with E-state index in [-0.39, 0.29) is 10.1 Å². The first-order chi connectivity index (χ1) is 14.2. The summed E-state index contributed by atoms with van der Waals surface area (Å²) in [4.78, 5) is 0. The predicted octanol–water partition coefficient (Wildman–Crippen LogP) is 7.09. The zero-order valence-corrected chi connectivity index (χ0v) is 20.3. The first kappa shape index (κ1) is 22.2. The lowest BCUT2D eigenvalue weighted by Crippen LogP contribution is -2.58. The van der Waals surface area contributed by atoms with E-state index in [0.29, 0.717) is 0 Å². The van der Waals surface area contributed by atoms with Gasteiger partial charge in [0, 0.05) is 5.04 Å². The quantitative estimate of drug-likeness (QED) is 0.314. The largest absolute Gasteiger partial charge is 0.497 e. The highest BCUT2D eigenvalue weighted by Crippen LogP contribution is 2.55. The van der Waals surface area contributed by atoms with Crippen molar-refractivity contribution in [2.75, 3.05) is 14.2 Å². The Bertz CT molecular complexity index is 905. The van der Waals surface area contributed by atoms with Crippen LogP contribution in [0.1, 0.15) is 37.5 Å². The van der Waals surface area contributed by atoms with Gasteiger partial charge in [-0.2, -0.15) is 0 Å².